The summed E-state index contributed by atoms with van der Waals surface area (Å²) in [5, 5.41) is -0.650. The van der Waals surface area contributed by atoms with Crippen molar-refractivity contribution in [1.29, 1.82) is 0 Å². The van der Waals surface area contributed by atoms with Crippen LogP contribution in [-0.4, -0.2) is 10.2 Å². The zero-order chi connectivity index (χ0) is 9.40. The van der Waals surface area contributed by atoms with Crippen molar-refractivity contribution in [3.63, 3.8) is 0 Å². The Morgan fingerprint density at radius 3 is 1.50 bits per heavy atom. The van der Waals surface area contributed by atoms with Crippen LogP contribution in [0, 0.1) is 23.7 Å². The van der Waals surface area contributed by atoms with Crippen LogP contribution < -0.4 is 0 Å². The van der Waals surface area contributed by atoms with Crippen LogP contribution >= 0.6 is 21.6 Å². The van der Waals surface area contributed by atoms with Crippen molar-refractivity contribution in [3.05, 3.63) is 0 Å². The topological polar surface area (TPSA) is 34.1 Å². The molecule has 0 aliphatic rings. The first-order chi connectivity index (χ1) is 5.70. The van der Waals surface area contributed by atoms with Crippen LogP contribution in [0.15, 0.2) is 0 Å². The Balaban J connectivity index is 3.79. The van der Waals surface area contributed by atoms with Crippen molar-refractivity contribution in [3.8, 4) is 23.7 Å². The van der Waals surface area contributed by atoms with Crippen LogP contribution in [0.25, 0.3) is 0 Å². The zero-order valence-corrected chi connectivity index (χ0v) is 8.27. The summed E-state index contributed by atoms with van der Waals surface area (Å²) in [6, 6.07) is 0. The first-order valence-corrected chi connectivity index (χ1v) is 5.13. The summed E-state index contributed by atoms with van der Waals surface area (Å²) in [7, 11) is 1.60. The first kappa shape index (κ1) is 11.2. The van der Waals surface area contributed by atoms with Crippen LogP contribution in [-0.2, 0) is 9.59 Å². The lowest BCUT2D eigenvalue weighted by Gasteiger charge is -1.85. The summed E-state index contributed by atoms with van der Waals surface area (Å²) >= 11 is 0. The SMILES string of the molecule is CC#CC(=O)SSC(=O)C#CC. The second kappa shape index (κ2) is 6.84. The van der Waals surface area contributed by atoms with Gasteiger partial charge in [0.1, 0.15) is 0 Å². The van der Waals surface area contributed by atoms with E-state index >= 15 is 0 Å². The van der Waals surface area contributed by atoms with E-state index < -0.39 is 0 Å². The number of hydrogen-bond donors (Lipinski definition) is 0. The lowest BCUT2D eigenvalue weighted by molar-refractivity contribution is -0.107. The van der Waals surface area contributed by atoms with E-state index in [0.29, 0.717) is 0 Å². The Morgan fingerprint density at radius 2 is 1.25 bits per heavy atom. The fourth-order valence-electron chi connectivity index (χ4n) is 0.321. The Bertz CT molecular complexity index is 266. The highest BCUT2D eigenvalue weighted by Gasteiger charge is 2.03. The van der Waals surface area contributed by atoms with Crippen LogP contribution in [0.2, 0.25) is 0 Å². The standard InChI is InChI=1S/C8H6O2S2/c1-3-5-7(9)11-12-8(10)6-4-2/h1-2H3. The largest absolute Gasteiger partial charge is 0.273 e. The number of carbonyl (C=O) groups is 2. The fraction of sp³-hybridized carbons (Fsp3) is 0.250. The average Bonchev–Trinajstić information content (AvgIpc) is 2.02. The van der Waals surface area contributed by atoms with Crippen LogP contribution in [0.3, 0.4) is 0 Å². The van der Waals surface area contributed by atoms with E-state index in [4.69, 9.17) is 0 Å². The van der Waals surface area contributed by atoms with E-state index in [1.54, 1.807) is 13.8 Å². The molecule has 0 heterocycles. The molecule has 0 saturated heterocycles. The molecule has 4 heteroatoms. The molecule has 0 aliphatic carbocycles. The fourth-order valence-corrected chi connectivity index (χ4v) is 1.46. The minimum absolute atomic E-state index is 0.325. The average molecular weight is 198 g/mol. The number of hydrogen-bond acceptors (Lipinski definition) is 4. The monoisotopic (exact) mass is 198 g/mol. The summed E-state index contributed by atoms with van der Waals surface area (Å²) in [6.45, 7) is 3.13. The maximum atomic E-state index is 10.7. The van der Waals surface area contributed by atoms with Crippen LogP contribution in [0.5, 0.6) is 0 Å². The number of rotatable bonds is 0. The predicted molar refractivity (Wildman–Crippen MR) is 52.1 cm³/mol. The van der Waals surface area contributed by atoms with Gasteiger partial charge in [0.15, 0.2) is 0 Å². The molecule has 0 atom stereocenters. The summed E-state index contributed by atoms with van der Waals surface area (Å²) in [5.74, 6) is 9.48. The third-order valence-corrected chi connectivity index (χ3v) is 2.40. The van der Waals surface area contributed by atoms with E-state index in [2.05, 4.69) is 23.7 Å². The smallest absolute Gasteiger partial charge is 0.271 e. The van der Waals surface area contributed by atoms with Gasteiger partial charge in [0, 0.05) is 21.6 Å². The van der Waals surface area contributed by atoms with E-state index in [9.17, 15) is 9.59 Å². The van der Waals surface area contributed by atoms with E-state index in [1.165, 1.54) is 0 Å². The normalized spacial score (nSPS) is 7.17. The Labute approximate surface area is 79.3 Å². The highest BCUT2D eigenvalue weighted by Crippen LogP contribution is 2.21. The Hall–Kier alpha value is -0.840. The molecule has 0 N–H and O–H groups in total. The van der Waals surface area contributed by atoms with Gasteiger partial charge in [0.25, 0.3) is 10.2 Å². The van der Waals surface area contributed by atoms with E-state index in [0.717, 1.165) is 21.6 Å². The highest BCUT2D eigenvalue weighted by atomic mass is 33.1. The zero-order valence-electron chi connectivity index (χ0n) is 6.63. The first-order valence-electron chi connectivity index (χ1n) is 2.98. The minimum Gasteiger partial charge on any atom is -0.271 e. The Kier molecular flexibility index (Phi) is 6.37. The lowest BCUT2D eigenvalue weighted by Crippen LogP contribution is -1.86. The van der Waals surface area contributed by atoms with Gasteiger partial charge in [-0.25, -0.2) is 0 Å². The molecule has 62 valence electrons. The lowest BCUT2D eigenvalue weighted by atomic mass is 10.7. The molecule has 0 aromatic heterocycles. The quantitative estimate of drug-likeness (QED) is 0.436. The van der Waals surface area contributed by atoms with Crippen molar-refractivity contribution in [2.24, 2.45) is 0 Å². The summed E-state index contributed by atoms with van der Waals surface area (Å²) < 4.78 is 0. The van der Waals surface area contributed by atoms with Gasteiger partial charge in [-0.2, -0.15) is 0 Å². The van der Waals surface area contributed by atoms with Gasteiger partial charge in [-0.15, -0.1) is 0 Å². The van der Waals surface area contributed by atoms with Gasteiger partial charge in [-0.3, -0.25) is 9.59 Å². The van der Waals surface area contributed by atoms with Gasteiger partial charge >= 0.3 is 0 Å². The van der Waals surface area contributed by atoms with Gasteiger partial charge in [0.2, 0.25) is 0 Å². The van der Waals surface area contributed by atoms with Crippen molar-refractivity contribution in [2.45, 2.75) is 13.8 Å². The van der Waals surface area contributed by atoms with Crippen LogP contribution in [0.4, 0.5) is 0 Å². The molecule has 0 aromatic carbocycles. The third-order valence-electron chi connectivity index (χ3n) is 0.647. The molecule has 0 bridgehead atoms. The van der Waals surface area contributed by atoms with Gasteiger partial charge in [-0.1, -0.05) is 11.8 Å². The second-order valence-corrected chi connectivity index (χ2v) is 3.57. The molecule has 0 fully saturated rings. The third kappa shape index (κ3) is 5.91. The van der Waals surface area contributed by atoms with Gasteiger partial charge < -0.3 is 0 Å². The molecule has 0 unspecified atom stereocenters. The minimum atomic E-state index is -0.325. The molecule has 2 nitrogen and oxygen atoms in total. The van der Waals surface area contributed by atoms with Crippen molar-refractivity contribution >= 4 is 31.8 Å². The summed E-state index contributed by atoms with van der Waals surface area (Å²) in [4.78, 5) is 21.4. The second-order valence-electron chi connectivity index (χ2n) is 1.49. The summed E-state index contributed by atoms with van der Waals surface area (Å²) in [5.41, 5.74) is 0. The molecular formula is C8H6O2S2. The Morgan fingerprint density at radius 1 is 0.917 bits per heavy atom. The van der Waals surface area contributed by atoms with Crippen LogP contribution in [0.1, 0.15) is 13.8 Å². The molecular weight excluding hydrogens is 192 g/mol. The molecule has 0 spiro atoms. The van der Waals surface area contributed by atoms with E-state index in [-0.39, 0.29) is 10.2 Å². The number of carbonyl (C=O) groups excluding carboxylic acids is 2. The molecule has 0 rings (SSSR count). The molecule has 0 radical (unpaired) electrons. The summed E-state index contributed by atoms with van der Waals surface area (Å²) in [6.07, 6.45) is 0. The van der Waals surface area contributed by atoms with E-state index in [1.807, 2.05) is 0 Å². The highest BCUT2D eigenvalue weighted by molar-refractivity contribution is 8.87. The van der Waals surface area contributed by atoms with Gasteiger partial charge in [-0.05, 0) is 25.7 Å². The van der Waals surface area contributed by atoms with Gasteiger partial charge in [0.05, 0.1) is 0 Å². The molecule has 0 saturated carbocycles. The maximum Gasteiger partial charge on any atom is 0.273 e. The maximum absolute atomic E-state index is 10.7. The van der Waals surface area contributed by atoms with Crippen molar-refractivity contribution in [1.82, 2.24) is 0 Å². The molecule has 0 aliphatic heterocycles. The molecule has 0 amide bonds. The molecule has 12 heavy (non-hydrogen) atoms. The predicted octanol–water partition coefficient (Wildman–Crippen LogP) is 1.47. The molecule has 0 aromatic rings. The van der Waals surface area contributed by atoms with Crippen molar-refractivity contribution in [2.75, 3.05) is 0 Å². The van der Waals surface area contributed by atoms with Crippen molar-refractivity contribution < 1.29 is 9.59 Å².